The minimum absolute atomic E-state index is 0.00269. The molecule has 0 fully saturated rings. The summed E-state index contributed by atoms with van der Waals surface area (Å²) in [7, 11) is 0. The average molecular weight is 194 g/mol. The van der Waals surface area contributed by atoms with E-state index in [1.807, 2.05) is 19.1 Å². The van der Waals surface area contributed by atoms with Crippen LogP contribution in [0.2, 0.25) is 0 Å². The zero-order valence-corrected chi connectivity index (χ0v) is 8.45. The van der Waals surface area contributed by atoms with E-state index in [0.717, 1.165) is 0 Å². The van der Waals surface area contributed by atoms with Crippen LogP contribution in [0, 0.1) is 0 Å². The molecular weight excluding hydrogens is 180 g/mol. The fourth-order valence-electron chi connectivity index (χ4n) is 1.07. The minimum atomic E-state index is -0.00269. The number of rotatable bonds is 5. The molecule has 0 aromatic heterocycles. The van der Waals surface area contributed by atoms with E-state index in [2.05, 4.69) is 0 Å². The maximum absolute atomic E-state index is 11.2. The minimum Gasteiger partial charge on any atom is -0.467 e. The maximum atomic E-state index is 11.2. The summed E-state index contributed by atoms with van der Waals surface area (Å²) >= 11 is 0. The molecule has 0 aliphatic heterocycles. The molecule has 14 heavy (non-hydrogen) atoms. The van der Waals surface area contributed by atoms with Crippen LogP contribution in [0.5, 0.6) is 5.75 Å². The van der Waals surface area contributed by atoms with Gasteiger partial charge in [-0.15, -0.1) is 0 Å². The molecule has 3 heteroatoms. The van der Waals surface area contributed by atoms with Crippen LogP contribution >= 0.6 is 0 Å². The number of ketones is 1. The van der Waals surface area contributed by atoms with Gasteiger partial charge in [-0.25, -0.2) is 0 Å². The van der Waals surface area contributed by atoms with Crippen molar-refractivity contribution in [2.75, 3.05) is 13.4 Å². The lowest BCUT2D eigenvalue weighted by Gasteiger charge is -2.08. The molecule has 3 nitrogen and oxygen atoms in total. The Kier molecular flexibility index (Phi) is 4.13. The lowest BCUT2D eigenvalue weighted by atomic mass is 10.1. The molecule has 0 atom stereocenters. The van der Waals surface area contributed by atoms with Crippen LogP contribution in [0.4, 0.5) is 0 Å². The van der Waals surface area contributed by atoms with Gasteiger partial charge in [0.15, 0.2) is 12.6 Å². The van der Waals surface area contributed by atoms with Crippen LogP contribution in [0.1, 0.15) is 24.2 Å². The Labute approximate surface area is 83.6 Å². The van der Waals surface area contributed by atoms with Crippen LogP contribution in [0.3, 0.4) is 0 Å². The van der Waals surface area contributed by atoms with Gasteiger partial charge >= 0.3 is 0 Å². The summed E-state index contributed by atoms with van der Waals surface area (Å²) < 4.78 is 10.3. The average Bonchev–Trinajstić information content (AvgIpc) is 2.19. The molecule has 0 amide bonds. The molecule has 0 radical (unpaired) electrons. The molecule has 0 aliphatic carbocycles. The Balaban J connectivity index is 2.69. The van der Waals surface area contributed by atoms with Gasteiger partial charge in [0.05, 0.1) is 5.56 Å². The Bertz CT molecular complexity index is 307. The Morgan fingerprint density at radius 3 is 2.71 bits per heavy atom. The molecule has 0 heterocycles. The van der Waals surface area contributed by atoms with E-state index >= 15 is 0 Å². The molecule has 0 saturated carbocycles. The second kappa shape index (κ2) is 5.40. The van der Waals surface area contributed by atoms with Crippen LogP contribution in [-0.4, -0.2) is 19.2 Å². The Morgan fingerprint density at radius 2 is 2.07 bits per heavy atom. The molecule has 76 valence electrons. The number of hydrogen-bond donors (Lipinski definition) is 0. The first-order chi connectivity index (χ1) is 6.75. The third kappa shape index (κ3) is 2.85. The third-order valence-electron chi connectivity index (χ3n) is 1.77. The van der Waals surface area contributed by atoms with Crippen LogP contribution in [0.15, 0.2) is 24.3 Å². The molecule has 1 rings (SSSR count). The van der Waals surface area contributed by atoms with Crippen LogP contribution in [0.25, 0.3) is 0 Å². The van der Waals surface area contributed by atoms with Crippen molar-refractivity contribution in [2.24, 2.45) is 0 Å². The van der Waals surface area contributed by atoms with Gasteiger partial charge in [0.1, 0.15) is 5.75 Å². The first-order valence-electron chi connectivity index (χ1n) is 4.56. The molecule has 0 saturated heterocycles. The number of carbonyl (C=O) groups excluding carboxylic acids is 1. The fraction of sp³-hybridized carbons (Fsp3) is 0.364. The van der Waals surface area contributed by atoms with Crippen molar-refractivity contribution < 1.29 is 14.3 Å². The number of para-hydroxylation sites is 1. The molecule has 0 N–H and O–H groups in total. The van der Waals surface area contributed by atoms with Gasteiger partial charge in [0, 0.05) is 6.61 Å². The Hall–Kier alpha value is -1.35. The van der Waals surface area contributed by atoms with Gasteiger partial charge in [0.2, 0.25) is 0 Å². The molecule has 1 aromatic carbocycles. The third-order valence-corrected chi connectivity index (χ3v) is 1.77. The van der Waals surface area contributed by atoms with E-state index in [9.17, 15) is 4.79 Å². The summed E-state index contributed by atoms with van der Waals surface area (Å²) in [5, 5.41) is 0. The standard InChI is InChI=1S/C11H14O3/c1-3-13-8-14-11-7-5-4-6-10(11)9(2)12/h4-7H,3,8H2,1-2H3. The zero-order chi connectivity index (χ0) is 10.4. The number of carbonyl (C=O) groups is 1. The lowest BCUT2D eigenvalue weighted by molar-refractivity contribution is 0.0219. The van der Waals surface area contributed by atoms with E-state index < -0.39 is 0 Å². The molecule has 0 unspecified atom stereocenters. The largest absolute Gasteiger partial charge is 0.467 e. The number of ether oxygens (including phenoxy) is 2. The van der Waals surface area contributed by atoms with E-state index in [1.54, 1.807) is 12.1 Å². The topological polar surface area (TPSA) is 35.5 Å². The number of hydrogen-bond acceptors (Lipinski definition) is 3. The highest BCUT2D eigenvalue weighted by molar-refractivity contribution is 5.96. The van der Waals surface area contributed by atoms with Crippen molar-refractivity contribution in [1.82, 2.24) is 0 Å². The maximum Gasteiger partial charge on any atom is 0.189 e. The zero-order valence-electron chi connectivity index (χ0n) is 8.45. The van der Waals surface area contributed by atoms with Crippen LogP contribution in [-0.2, 0) is 4.74 Å². The monoisotopic (exact) mass is 194 g/mol. The molecule has 1 aromatic rings. The predicted molar refractivity (Wildman–Crippen MR) is 53.6 cm³/mol. The first-order valence-corrected chi connectivity index (χ1v) is 4.56. The van der Waals surface area contributed by atoms with Gasteiger partial charge in [-0.05, 0) is 26.0 Å². The SMILES string of the molecule is CCOCOc1ccccc1C(C)=O. The molecule has 0 aliphatic rings. The summed E-state index contributed by atoms with van der Waals surface area (Å²) in [5.74, 6) is 0.575. The number of Topliss-reactive ketones (excluding diaryl/α,β-unsaturated/α-hetero) is 1. The van der Waals surface area contributed by atoms with E-state index in [4.69, 9.17) is 9.47 Å². The molecule has 0 spiro atoms. The van der Waals surface area contributed by atoms with Gasteiger partial charge in [0.25, 0.3) is 0 Å². The second-order valence-electron chi connectivity index (χ2n) is 2.81. The first kappa shape index (κ1) is 10.7. The van der Waals surface area contributed by atoms with E-state index in [0.29, 0.717) is 17.9 Å². The van der Waals surface area contributed by atoms with Gasteiger partial charge in [-0.1, -0.05) is 12.1 Å². The fourth-order valence-corrected chi connectivity index (χ4v) is 1.07. The lowest BCUT2D eigenvalue weighted by Crippen LogP contribution is -2.05. The van der Waals surface area contributed by atoms with E-state index in [1.165, 1.54) is 6.92 Å². The normalized spacial score (nSPS) is 9.86. The van der Waals surface area contributed by atoms with Crippen molar-refractivity contribution in [1.29, 1.82) is 0 Å². The van der Waals surface area contributed by atoms with Crippen molar-refractivity contribution in [3.63, 3.8) is 0 Å². The smallest absolute Gasteiger partial charge is 0.189 e. The van der Waals surface area contributed by atoms with Crippen molar-refractivity contribution >= 4 is 5.78 Å². The van der Waals surface area contributed by atoms with E-state index in [-0.39, 0.29) is 12.6 Å². The highest BCUT2D eigenvalue weighted by Crippen LogP contribution is 2.18. The molecular formula is C11H14O3. The summed E-state index contributed by atoms with van der Waals surface area (Å²) in [4.78, 5) is 11.2. The highest BCUT2D eigenvalue weighted by atomic mass is 16.7. The summed E-state index contributed by atoms with van der Waals surface area (Å²) in [6.45, 7) is 4.19. The summed E-state index contributed by atoms with van der Waals surface area (Å²) in [6.07, 6.45) is 0. The summed E-state index contributed by atoms with van der Waals surface area (Å²) in [6, 6.07) is 7.14. The van der Waals surface area contributed by atoms with Gasteiger partial charge < -0.3 is 9.47 Å². The van der Waals surface area contributed by atoms with Crippen LogP contribution < -0.4 is 4.74 Å². The predicted octanol–water partition coefficient (Wildman–Crippen LogP) is 2.26. The van der Waals surface area contributed by atoms with Crippen molar-refractivity contribution in [2.45, 2.75) is 13.8 Å². The highest BCUT2D eigenvalue weighted by Gasteiger charge is 2.06. The van der Waals surface area contributed by atoms with Gasteiger partial charge in [-0.3, -0.25) is 4.79 Å². The summed E-state index contributed by atoms with van der Waals surface area (Å²) in [5.41, 5.74) is 0.590. The number of benzene rings is 1. The van der Waals surface area contributed by atoms with Crippen molar-refractivity contribution in [3.8, 4) is 5.75 Å². The van der Waals surface area contributed by atoms with Gasteiger partial charge in [-0.2, -0.15) is 0 Å². The molecule has 0 bridgehead atoms. The second-order valence-corrected chi connectivity index (χ2v) is 2.81. The quantitative estimate of drug-likeness (QED) is 0.409. The van der Waals surface area contributed by atoms with Crippen molar-refractivity contribution in [3.05, 3.63) is 29.8 Å². The Morgan fingerprint density at radius 1 is 1.36 bits per heavy atom.